The molecule has 0 aliphatic carbocycles. The zero-order valence-corrected chi connectivity index (χ0v) is 18.3. The van der Waals surface area contributed by atoms with E-state index in [-0.39, 0.29) is 0 Å². The second-order valence-corrected chi connectivity index (χ2v) is 8.65. The maximum Gasteiger partial charge on any atom is 0.187 e. The van der Waals surface area contributed by atoms with Gasteiger partial charge in [0.15, 0.2) is 12.6 Å². The van der Waals surface area contributed by atoms with Crippen molar-refractivity contribution in [1.29, 1.82) is 0 Å². The van der Waals surface area contributed by atoms with Gasteiger partial charge >= 0.3 is 0 Å². The van der Waals surface area contributed by atoms with Crippen molar-refractivity contribution in [2.45, 2.75) is 98.9 Å². The Balaban J connectivity index is 1.78. The van der Waals surface area contributed by atoms with Crippen molar-refractivity contribution >= 4 is 0 Å². The van der Waals surface area contributed by atoms with Crippen LogP contribution in [0.25, 0.3) is 0 Å². The van der Waals surface area contributed by atoms with Crippen molar-refractivity contribution in [2.24, 2.45) is 0 Å². The average molecular weight is 502 g/mol. The van der Waals surface area contributed by atoms with Gasteiger partial charge in [-0.1, -0.05) is 0 Å². The van der Waals surface area contributed by atoms with Gasteiger partial charge in [-0.15, -0.1) is 0 Å². The Morgan fingerprint density at radius 3 is 1.56 bits per heavy atom. The lowest BCUT2D eigenvalue weighted by molar-refractivity contribution is -0.373. The molecule has 3 aliphatic heterocycles. The minimum Gasteiger partial charge on any atom is -0.394 e. The molecule has 0 amide bonds. The fraction of sp³-hybridized carbons (Fsp3) is 1.00. The Labute approximate surface area is 194 Å². The predicted molar refractivity (Wildman–Crippen MR) is 105 cm³/mol. The number of hydrogen-bond acceptors (Lipinski definition) is 15. The lowest BCUT2D eigenvalue weighted by Gasteiger charge is -2.48. The molecular formula is C19H34O15. The Morgan fingerprint density at radius 2 is 1.00 bits per heavy atom. The molecule has 3 rings (SSSR count). The van der Waals surface area contributed by atoms with Crippen LogP contribution >= 0.6 is 0 Å². The summed E-state index contributed by atoms with van der Waals surface area (Å²) in [5.41, 5.74) is 0. The highest BCUT2D eigenvalue weighted by molar-refractivity contribution is 4.96. The molecule has 10 N–H and O–H groups in total. The molecule has 3 fully saturated rings. The Morgan fingerprint density at radius 1 is 0.500 bits per heavy atom. The lowest BCUT2D eigenvalue weighted by atomic mass is 9.94. The van der Waals surface area contributed by atoms with E-state index in [1.807, 2.05) is 0 Å². The molecular weight excluding hydrogens is 468 g/mol. The van der Waals surface area contributed by atoms with Crippen LogP contribution in [0.3, 0.4) is 0 Å². The van der Waals surface area contributed by atoms with E-state index in [0.29, 0.717) is 0 Å². The summed E-state index contributed by atoms with van der Waals surface area (Å²) in [6, 6.07) is 0. The van der Waals surface area contributed by atoms with E-state index < -0.39 is 112 Å². The highest BCUT2D eigenvalue weighted by atomic mass is 16.7. The van der Waals surface area contributed by atoms with Crippen molar-refractivity contribution in [3.8, 4) is 0 Å². The lowest BCUT2D eigenvalue weighted by Crippen LogP contribution is -2.66. The third-order valence-corrected chi connectivity index (χ3v) is 6.36. The van der Waals surface area contributed by atoms with E-state index in [0.717, 1.165) is 0 Å². The molecule has 3 aliphatic rings. The molecule has 0 aromatic heterocycles. The maximum absolute atomic E-state index is 10.8. The number of ether oxygens (including phenoxy) is 5. The molecule has 3 heterocycles. The van der Waals surface area contributed by atoms with Crippen LogP contribution in [0.1, 0.15) is 6.92 Å². The second-order valence-electron chi connectivity index (χ2n) is 8.65. The predicted octanol–water partition coefficient (Wildman–Crippen LogP) is -6.50. The molecule has 0 aromatic rings. The monoisotopic (exact) mass is 502 g/mol. The molecule has 0 radical (unpaired) electrons. The van der Waals surface area contributed by atoms with E-state index in [4.69, 9.17) is 23.7 Å². The first-order valence-electron chi connectivity index (χ1n) is 10.9. The highest BCUT2D eigenvalue weighted by Crippen LogP contribution is 2.32. The zero-order chi connectivity index (χ0) is 25.3. The summed E-state index contributed by atoms with van der Waals surface area (Å²) in [4.78, 5) is 0. The minimum atomic E-state index is -1.84. The molecule has 0 saturated carbocycles. The first-order chi connectivity index (χ1) is 16.0. The van der Waals surface area contributed by atoms with Gasteiger partial charge in [0.05, 0.1) is 25.9 Å². The van der Waals surface area contributed by atoms with Crippen molar-refractivity contribution in [3.63, 3.8) is 0 Å². The van der Waals surface area contributed by atoms with Gasteiger partial charge in [0, 0.05) is 0 Å². The number of hydrogen-bond donors (Lipinski definition) is 10. The van der Waals surface area contributed by atoms with E-state index in [1.54, 1.807) is 0 Å². The van der Waals surface area contributed by atoms with E-state index in [2.05, 4.69) is 0 Å². The Bertz CT molecular complexity index is 637. The molecule has 15 atom stereocenters. The summed E-state index contributed by atoms with van der Waals surface area (Å²) in [5.74, 6) is 0. The normalized spacial score (nSPS) is 52.5. The number of rotatable bonds is 7. The van der Waals surface area contributed by atoms with Gasteiger partial charge in [-0.25, -0.2) is 0 Å². The van der Waals surface area contributed by atoms with Gasteiger partial charge in [-0.3, -0.25) is 0 Å². The van der Waals surface area contributed by atoms with Crippen molar-refractivity contribution < 1.29 is 74.7 Å². The molecule has 6 unspecified atom stereocenters. The fourth-order valence-corrected chi connectivity index (χ4v) is 4.26. The summed E-state index contributed by atoms with van der Waals surface area (Å²) in [6.07, 6.45) is -22.9. The molecule has 34 heavy (non-hydrogen) atoms. The fourth-order valence-electron chi connectivity index (χ4n) is 4.26. The van der Waals surface area contributed by atoms with Gasteiger partial charge in [0.1, 0.15) is 73.2 Å². The second kappa shape index (κ2) is 11.6. The Kier molecular flexibility index (Phi) is 9.57. The maximum atomic E-state index is 10.8. The van der Waals surface area contributed by atoms with Crippen LogP contribution in [0.5, 0.6) is 0 Å². The summed E-state index contributed by atoms with van der Waals surface area (Å²) in [5, 5.41) is 100. The van der Waals surface area contributed by atoms with Gasteiger partial charge < -0.3 is 74.7 Å². The topological polar surface area (TPSA) is 248 Å². The van der Waals surface area contributed by atoms with E-state index >= 15 is 0 Å². The van der Waals surface area contributed by atoms with Gasteiger partial charge in [-0.2, -0.15) is 0 Å². The largest absolute Gasteiger partial charge is 0.394 e. The van der Waals surface area contributed by atoms with Crippen LogP contribution in [0.2, 0.25) is 0 Å². The standard InChI is InChI=1S/C19H34O15/c1-5-9(23)13(27)16(8(4-22)30-5)33-19-15(29)17(11(25)7(3-21)32-19)34-18-14(28)12(26)10(24)6(2-20)31-18/h5-29H,2-4H2,1H3/t5-,6?,7?,8?,9?,10-,11-,12-,13+,14?,15?,16+,17-,18+,19-/m0/s1. The summed E-state index contributed by atoms with van der Waals surface area (Å²) in [6.45, 7) is -0.646. The molecule has 200 valence electrons. The van der Waals surface area contributed by atoms with Crippen LogP contribution in [0.4, 0.5) is 0 Å². The van der Waals surface area contributed by atoms with Crippen LogP contribution in [0.15, 0.2) is 0 Å². The summed E-state index contributed by atoms with van der Waals surface area (Å²) in [7, 11) is 0. The number of aliphatic hydroxyl groups is 10. The smallest absolute Gasteiger partial charge is 0.187 e. The van der Waals surface area contributed by atoms with Gasteiger partial charge in [-0.05, 0) is 6.92 Å². The molecule has 15 nitrogen and oxygen atoms in total. The average Bonchev–Trinajstić information content (AvgIpc) is 2.83. The quantitative estimate of drug-likeness (QED) is 0.155. The third-order valence-electron chi connectivity index (χ3n) is 6.36. The van der Waals surface area contributed by atoms with Crippen LogP contribution in [0, 0.1) is 0 Å². The highest BCUT2D eigenvalue weighted by Gasteiger charge is 2.53. The molecule has 3 saturated heterocycles. The molecule has 0 aromatic carbocycles. The van der Waals surface area contributed by atoms with E-state index in [9.17, 15) is 51.1 Å². The summed E-state index contributed by atoms with van der Waals surface area (Å²) >= 11 is 0. The molecule has 15 heteroatoms. The molecule has 0 spiro atoms. The van der Waals surface area contributed by atoms with Crippen molar-refractivity contribution in [1.82, 2.24) is 0 Å². The van der Waals surface area contributed by atoms with Gasteiger partial charge in [0.25, 0.3) is 0 Å². The van der Waals surface area contributed by atoms with Crippen LogP contribution in [-0.4, -0.2) is 163 Å². The first-order valence-corrected chi connectivity index (χ1v) is 10.9. The van der Waals surface area contributed by atoms with E-state index in [1.165, 1.54) is 6.92 Å². The van der Waals surface area contributed by atoms with Crippen LogP contribution in [-0.2, 0) is 23.7 Å². The van der Waals surface area contributed by atoms with Crippen molar-refractivity contribution in [2.75, 3.05) is 19.8 Å². The third kappa shape index (κ3) is 5.39. The zero-order valence-electron chi connectivity index (χ0n) is 18.3. The molecule has 0 bridgehead atoms. The van der Waals surface area contributed by atoms with Crippen LogP contribution < -0.4 is 0 Å². The van der Waals surface area contributed by atoms with Crippen molar-refractivity contribution in [3.05, 3.63) is 0 Å². The van der Waals surface area contributed by atoms with Gasteiger partial charge in [0.2, 0.25) is 0 Å². The number of aliphatic hydroxyl groups excluding tert-OH is 10. The minimum absolute atomic E-state index is 0.613. The Hall–Kier alpha value is -0.600. The first kappa shape index (κ1) is 28.0. The summed E-state index contributed by atoms with van der Waals surface area (Å²) < 4.78 is 27.1. The SMILES string of the molecule is C[C@@H]1OC(CO)[C@@H](O[C@@H]2OC(CO)[C@H](O)[C@H](O[C@H]3OC(CO)[C@H](O)[C@H](O)C3O)C2O)[C@H](O)C1O.